The minimum atomic E-state index is -0.875. The van der Waals surface area contributed by atoms with Crippen molar-refractivity contribution in [3.8, 4) is 0 Å². The zero-order valence-electron chi connectivity index (χ0n) is 9.79. The van der Waals surface area contributed by atoms with Crippen LogP contribution in [0.2, 0.25) is 0 Å². The SMILES string of the molecule is O=C1N=C2C=C(Cl)C=CN2C(=O)C1c1ccccc1. The fourth-order valence-electron chi connectivity index (χ4n) is 2.09. The molecule has 0 radical (unpaired) electrons. The Morgan fingerprint density at radius 3 is 2.63 bits per heavy atom. The molecule has 0 aromatic heterocycles. The van der Waals surface area contributed by atoms with Gasteiger partial charge >= 0.3 is 0 Å². The number of fused-ring (bicyclic) bond motifs is 1. The number of carbonyl (C=O) groups is 2. The van der Waals surface area contributed by atoms with E-state index in [1.165, 1.54) is 17.2 Å². The van der Waals surface area contributed by atoms with E-state index in [0.29, 0.717) is 10.6 Å². The van der Waals surface area contributed by atoms with Crippen molar-refractivity contribution in [3.05, 3.63) is 59.3 Å². The molecule has 2 heterocycles. The Morgan fingerprint density at radius 1 is 1.16 bits per heavy atom. The molecule has 3 rings (SSSR count). The fraction of sp³-hybridized carbons (Fsp3) is 0.0714. The lowest BCUT2D eigenvalue weighted by molar-refractivity contribution is -0.134. The number of hydrogen-bond donors (Lipinski definition) is 0. The molecular weight excluding hydrogens is 264 g/mol. The summed E-state index contributed by atoms with van der Waals surface area (Å²) in [5.74, 6) is -1.37. The smallest absolute Gasteiger partial charge is 0.264 e. The maximum absolute atomic E-state index is 12.4. The van der Waals surface area contributed by atoms with Gasteiger partial charge in [-0.25, -0.2) is 0 Å². The van der Waals surface area contributed by atoms with Crippen molar-refractivity contribution in [2.75, 3.05) is 0 Å². The Labute approximate surface area is 114 Å². The monoisotopic (exact) mass is 272 g/mol. The number of hydrogen-bond acceptors (Lipinski definition) is 2. The fourth-order valence-corrected chi connectivity index (χ4v) is 2.24. The third kappa shape index (κ3) is 2.00. The zero-order valence-corrected chi connectivity index (χ0v) is 10.5. The molecule has 2 amide bonds. The molecule has 0 saturated heterocycles. The molecule has 0 saturated carbocycles. The Balaban J connectivity index is 2.05. The standard InChI is InChI=1S/C14H9ClN2O2/c15-10-6-7-17-11(8-10)16-13(18)12(14(17)19)9-4-2-1-3-5-9/h1-8,12H. The van der Waals surface area contributed by atoms with Crippen LogP contribution in [0.25, 0.3) is 0 Å². The topological polar surface area (TPSA) is 49.7 Å². The van der Waals surface area contributed by atoms with E-state index < -0.39 is 11.8 Å². The van der Waals surface area contributed by atoms with Crippen LogP contribution in [-0.4, -0.2) is 22.5 Å². The molecule has 1 aromatic carbocycles. The summed E-state index contributed by atoms with van der Waals surface area (Å²) in [6.07, 6.45) is 4.63. The second kappa shape index (κ2) is 4.48. The number of aliphatic imine (C=N–C) groups is 1. The predicted molar refractivity (Wildman–Crippen MR) is 71.5 cm³/mol. The highest BCUT2D eigenvalue weighted by Gasteiger charge is 2.38. The van der Waals surface area contributed by atoms with E-state index in [9.17, 15) is 9.59 Å². The van der Waals surface area contributed by atoms with Gasteiger partial charge in [0.05, 0.1) is 0 Å². The number of rotatable bonds is 1. The second-order valence-corrected chi connectivity index (χ2v) is 4.64. The molecule has 2 aliphatic rings. The normalized spacial score (nSPS) is 21.9. The molecule has 0 bridgehead atoms. The maximum atomic E-state index is 12.4. The lowest BCUT2D eigenvalue weighted by Crippen LogP contribution is -2.43. The molecule has 2 aliphatic heterocycles. The van der Waals surface area contributed by atoms with Gasteiger partial charge in [-0.1, -0.05) is 41.9 Å². The number of allylic oxidation sites excluding steroid dienone is 2. The third-order valence-electron chi connectivity index (χ3n) is 2.99. The summed E-state index contributed by atoms with van der Waals surface area (Å²) >= 11 is 5.83. The van der Waals surface area contributed by atoms with E-state index in [4.69, 9.17) is 11.6 Å². The first-order valence-corrected chi connectivity index (χ1v) is 6.10. The molecular formula is C14H9ClN2O2. The quantitative estimate of drug-likeness (QED) is 0.736. The van der Waals surface area contributed by atoms with Crippen molar-refractivity contribution >= 4 is 29.3 Å². The molecule has 19 heavy (non-hydrogen) atoms. The molecule has 5 heteroatoms. The minimum Gasteiger partial charge on any atom is -0.273 e. The Morgan fingerprint density at radius 2 is 1.89 bits per heavy atom. The van der Waals surface area contributed by atoms with Crippen molar-refractivity contribution in [1.82, 2.24) is 4.90 Å². The third-order valence-corrected chi connectivity index (χ3v) is 3.22. The lowest BCUT2D eigenvalue weighted by Gasteiger charge is -2.28. The van der Waals surface area contributed by atoms with Crippen LogP contribution in [0.15, 0.2) is 58.7 Å². The molecule has 0 spiro atoms. The van der Waals surface area contributed by atoms with Crippen molar-refractivity contribution < 1.29 is 9.59 Å². The van der Waals surface area contributed by atoms with E-state index in [2.05, 4.69) is 4.99 Å². The molecule has 0 fully saturated rings. The molecule has 0 N–H and O–H groups in total. The molecule has 94 valence electrons. The van der Waals surface area contributed by atoms with Gasteiger partial charge in [-0.2, -0.15) is 4.99 Å². The van der Waals surface area contributed by atoms with Gasteiger partial charge in [0.2, 0.25) is 5.91 Å². The Hall–Kier alpha value is -2.20. The predicted octanol–water partition coefficient (Wildman–Crippen LogP) is 2.19. The summed E-state index contributed by atoms with van der Waals surface area (Å²) in [5, 5.41) is 0.439. The minimum absolute atomic E-state index is 0.273. The summed E-state index contributed by atoms with van der Waals surface area (Å²) in [4.78, 5) is 29.7. The van der Waals surface area contributed by atoms with Crippen LogP contribution in [0.1, 0.15) is 11.5 Å². The van der Waals surface area contributed by atoms with Crippen molar-refractivity contribution in [2.45, 2.75) is 5.92 Å². The van der Waals surface area contributed by atoms with Gasteiger partial charge in [-0.15, -0.1) is 0 Å². The number of carbonyl (C=O) groups excluding carboxylic acids is 2. The van der Waals surface area contributed by atoms with Crippen molar-refractivity contribution in [2.24, 2.45) is 4.99 Å². The van der Waals surface area contributed by atoms with E-state index in [1.807, 2.05) is 6.07 Å². The molecule has 4 nitrogen and oxygen atoms in total. The average Bonchev–Trinajstić information content (AvgIpc) is 2.39. The number of benzene rings is 1. The highest BCUT2D eigenvalue weighted by atomic mass is 35.5. The first kappa shape index (κ1) is 11.9. The van der Waals surface area contributed by atoms with E-state index >= 15 is 0 Å². The average molecular weight is 273 g/mol. The molecule has 1 atom stereocenters. The molecule has 1 unspecified atom stereocenters. The van der Waals surface area contributed by atoms with Crippen molar-refractivity contribution in [1.29, 1.82) is 0 Å². The van der Waals surface area contributed by atoms with Crippen LogP contribution in [0, 0.1) is 0 Å². The largest absolute Gasteiger partial charge is 0.273 e. The highest BCUT2D eigenvalue weighted by Crippen LogP contribution is 2.27. The van der Waals surface area contributed by atoms with E-state index in [0.717, 1.165) is 0 Å². The summed E-state index contributed by atoms with van der Waals surface area (Å²) in [7, 11) is 0. The van der Waals surface area contributed by atoms with Crippen molar-refractivity contribution in [3.63, 3.8) is 0 Å². The van der Waals surface area contributed by atoms with Crippen LogP contribution in [0.5, 0.6) is 0 Å². The van der Waals surface area contributed by atoms with Crippen LogP contribution >= 0.6 is 11.6 Å². The van der Waals surface area contributed by atoms with Gasteiger partial charge in [0.1, 0.15) is 11.8 Å². The highest BCUT2D eigenvalue weighted by molar-refractivity contribution is 6.34. The first-order valence-electron chi connectivity index (χ1n) is 5.73. The molecule has 1 aromatic rings. The van der Waals surface area contributed by atoms with Gasteiger partial charge in [0.15, 0.2) is 0 Å². The van der Waals surface area contributed by atoms with Gasteiger partial charge < -0.3 is 0 Å². The van der Waals surface area contributed by atoms with E-state index in [1.54, 1.807) is 30.3 Å². The van der Waals surface area contributed by atoms with Crippen LogP contribution in [0.4, 0.5) is 0 Å². The van der Waals surface area contributed by atoms with Gasteiger partial charge in [-0.3, -0.25) is 14.5 Å². The molecule has 0 aliphatic carbocycles. The van der Waals surface area contributed by atoms with Crippen LogP contribution < -0.4 is 0 Å². The summed E-state index contributed by atoms with van der Waals surface area (Å²) in [5.41, 5.74) is 0.648. The number of amidine groups is 1. The number of nitrogens with zero attached hydrogens (tertiary/aromatic N) is 2. The van der Waals surface area contributed by atoms with Crippen LogP contribution in [-0.2, 0) is 9.59 Å². The summed E-state index contributed by atoms with van der Waals surface area (Å²) < 4.78 is 0. The Bertz CT molecular complexity index is 647. The number of halogens is 1. The maximum Gasteiger partial charge on any atom is 0.264 e. The van der Waals surface area contributed by atoms with Gasteiger partial charge in [0, 0.05) is 17.3 Å². The second-order valence-electron chi connectivity index (χ2n) is 4.21. The van der Waals surface area contributed by atoms with Gasteiger partial charge in [0.25, 0.3) is 5.91 Å². The lowest BCUT2D eigenvalue weighted by atomic mass is 9.95. The summed E-state index contributed by atoms with van der Waals surface area (Å²) in [6.45, 7) is 0. The summed E-state index contributed by atoms with van der Waals surface area (Å²) in [6, 6.07) is 8.91. The Kier molecular flexibility index (Phi) is 2.80. The van der Waals surface area contributed by atoms with Crippen LogP contribution in [0.3, 0.4) is 0 Å². The first-order chi connectivity index (χ1) is 9.16. The zero-order chi connectivity index (χ0) is 13.4. The number of amides is 2. The van der Waals surface area contributed by atoms with Gasteiger partial charge in [-0.05, 0) is 11.6 Å². The van der Waals surface area contributed by atoms with E-state index in [-0.39, 0.29) is 11.7 Å².